The summed E-state index contributed by atoms with van der Waals surface area (Å²) in [5.74, 6) is -0.0170. The van der Waals surface area contributed by atoms with E-state index in [1.54, 1.807) is 29.2 Å². The van der Waals surface area contributed by atoms with Gasteiger partial charge in [0.15, 0.2) is 0 Å². The molecule has 4 nitrogen and oxygen atoms in total. The molecule has 1 N–H and O–H groups in total. The molecule has 1 fully saturated rings. The van der Waals surface area contributed by atoms with Crippen LogP contribution in [0, 0.1) is 5.92 Å². The van der Waals surface area contributed by atoms with Crippen LogP contribution >= 0.6 is 34.8 Å². The molecule has 0 heterocycles. The summed E-state index contributed by atoms with van der Waals surface area (Å²) in [6, 6.07) is 13.9. The molecular weight excluding hydrogens is 467 g/mol. The molecule has 2 amide bonds. The van der Waals surface area contributed by atoms with Crippen molar-refractivity contribution in [2.24, 2.45) is 5.92 Å². The first-order chi connectivity index (χ1) is 15.4. The number of carbonyl (C=O) groups excluding carboxylic acids is 2. The molecule has 0 bridgehead atoms. The van der Waals surface area contributed by atoms with Crippen molar-refractivity contribution in [1.82, 2.24) is 10.2 Å². The molecule has 0 radical (unpaired) electrons. The van der Waals surface area contributed by atoms with Gasteiger partial charge in [0.05, 0.1) is 0 Å². The van der Waals surface area contributed by atoms with Crippen LogP contribution in [-0.2, 0) is 16.0 Å². The van der Waals surface area contributed by atoms with Gasteiger partial charge in [-0.2, -0.15) is 0 Å². The fourth-order valence-electron chi connectivity index (χ4n) is 4.22. The first-order valence-electron chi connectivity index (χ1n) is 11.0. The predicted octanol–water partition coefficient (Wildman–Crippen LogP) is 6.04. The van der Waals surface area contributed by atoms with Gasteiger partial charge in [0, 0.05) is 22.6 Å². The van der Waals surface area contributed by atoms with Gasteiger partial charge in [-0.25, -0.2) is 0 Å². The Morgan fingerprint density at radius 1 is 1.03 bits per heavy atom. The lowest BCUT2D eigenvalue weighted by atomic mass is 9.87. The highest BCUT2D eigenvalue weighted by Gasteiger charge is 2.32. The molecule has 0 aliphatic heterocycles. The van der Waals surface area contributed by atoms with Crippen LogP contribution in [0.5, 0.6) is 0 Å². The van der Waals surface area contributed by atoms with Gasteiger partial charge >= 0.3 is 0 Å². The molecule has 0 aromatic heterocycles. The second-order valence-corrected chi connectivity index (χ2v) is 9.59. The Kier molecular flexibility index (Phi) is 9.27. The average Bonchev–Trinajstić information content (AvgIpc) is 2.79. The number of alkyl halides is 1. The SMILES string of the molecule is CC1CCC(NC(=O)C(c2ccc(Cl)cc2)N(CCc2ccccc2Cl)C(=O)CCl)CC1. The summed E-state index contributed by atoms with van der Waals surface area (Å²) < 4.78 is 0. The van der Waals surface area contributed by atoms with E-state index in [-0.39, 0.29) is 23.7 Å². The molecule has 2 aromatic rings. The molecule has 1 aliphatic carbocycles. The zero-order chi connectivity index (χ0) is 23.1. The number of amides is 2. The van der Waals surface area contributed by atoms with Crippen LogP contribution in [0.2, 0.25) is 10.0 Å². The third kappa shape index (κ3) is 6.63. The van der Waals surface area contributed by atoms with Crippen molar-refractivity contribution < 1.29 is 9.59 Å². The monoisotopic (exact) mass is 494 g/mol. The number of carbonyl (C=O) groups is 2. The van der Waals surface area contributed by atoms with Crippen LogP contribution in [0.3, 0.4) is 0 Å². The van der Waals surface area contributed by atoms with Crippen LogP contribution in [0.4, 0.5) is 0 Å². The summed E-state index contributed by atoms with van der Waals surface area (Å²) in [7, 11) is 0. The van der Waals surface area contributed by atoms with Crippen LogP contribution in [-0.4, -0.2) is 35.2 Å². The van der Waals surface area contributed by atoms with Gasteiger partial charge in [-0.3, -0.25) is 9.59 Å². The minimum absolute atomic E-state index is 0.116. The van der Waals surface area contributed by atoms with Crippen molar-refractivity contribution in [2.75, 3.05) is 12.4 Å². The average molecular weight is 496 g/mol. The molecule has 0 saturated heterocycles. The van der Waals surface area contributed by atoms with Gasteiger partial charge in [-0.15, -0.1) is 11.6 Å². The Balaban J connectivity index is 1.86. The van der Waals surface area contributed by atoms with Gasteiger partial charge in [0.1, 0.15) is 11.9 Å². The fraction of sp³-hybridized carbons (Fsp3) is 0.440. The van der Waals surface area contributed by atoms with Crippen LogP contribution < -0.4 is 5.32 Å². The summed E-state index contributed by atoms with van der Waals surface area (Å²) >= 11 is 18.4. The number of rotatable bonds is 8. The maximum Gasteiger partial charge on any atom is 0.247 e. The van der Waals surface area contributed by atoms with Gasteiger partial charge in [0.2, 0.25) is 11.8 Å². The van der Waals surface area contributed by atoms with E-state index < -0.39 is 6.04 Å². The molecule has 7 heteroatoms. The summed E-state index contributed by atoms with van der Waals surface area (Å²) in [5.41, 5.74) is 1.62. The van der Waals surface area contributed by atoms with E-state index in [0.717, 1.165) is 31.2 Å². The Hall–Kier alpha value is -1.75. The molecule has 1 atom stereocenters. The minimum Gasteiger partial charge on any atom is -0.351 e. The van der Waals surface area contributed by atoms with Crippen molar-refractivity contribution in [3.63, 3.8) is 0 Å². The highest BCUT2D eigenvalue weighted by molar-refractivity contribution is 6.31. The molecule has 3 rings (SSSR count). The van der Waals surface area contributed by atoms with E-state index in [1.807, 2.05) is 24.3 Å². The third-order valence-corrected chi connectivity index (χ3v) is 6.97. The first kappa shape index (κ1) is 24.9. The second-order valence-electron chi connectivity index (χ2n) is 8.48. The lowest BCUT2D eigenvalue weighted by Gasteiger charge is -2.34. The highest BCUT2D eigenvalue weighted by Crippen LogP contribution is 2.28. The van der Waals surface area contributed by atoms with E-state index in [4.69, 9.17) is 34.8 Å². The van der Waals surface area contributed by atoms with E-state index in [1.165, 1.54) is 0 Å². The lowest BCUT2D eigenvalue weighted by molar-refractivity contribution is -0.139. The Morgan fingerprint density at radius 2 is 1.69 bits per heavy atom. The Morgan fingerprint density at radius 3 is 2.31 bits per heavy atom. The molecule has 1 aliphatic rings. The maximum absolute atomic E-state index is 13.5. The van der Waals surface area contributed by atoms with E-state index in [0.29, 0.717) is 34.5 Å². The van der Waals surface area contributed by atoms with Crippen molar-refractivity contribution in [1.29, 1.82) is 0 Å². The largest absolute Gasteiger partial charge is 0.351 e. The zero-order valence-electron chi connectivity index (χ0n) is 18.2. The Bertz CT molecular complexity index is 912. The number of hydrogen-bond donors (Lipinski definition) is 1. The lowest BCUT2D eigenvalue weighted by Crippen LogP contribution is -2.48. The van der Waals surface area contributed by atoms with Crippen molar-refractivity contribution in [3.05, 3.63) is 69.7 Å². The summed E-state index contributed by atoms with van der Waals surface area (Å²) in [6.45, 7) is 2.56. The van der Waals surface area contributed by atoms with Crippen LogP contribution in [0.25, 0.3) is 0 Å². The van der Waals surface area contributed by atoms with Crippen molar-refractivity contribution in [3.8, 4) is 0 Å². The zero-order valence-corrected chi connectivity index (χ0v) is 20.5. The number of nitrogens with zero attached hydrogens (tertiary/aromatic N) is 1. The molecule has 0 spiro atoms. The standard InChI is InChI=1S/C25H29Cl3N2O2/c1-17-6-12-21(13-7-17)29-25(32)24(19-8-10-20(27)11-9-19)30(23(31)16-26)15-14-18-4-2-3-5-22(18)28/h2-5,8-11,17,21,24H,6-7,12-16H2,1H3,(H,29,32). The summed E-state index contributed by atoms with van der Waals surface area (Å²) in [6.07, 6.45) is 4.59. The normalized spacial score (nSPS) is 19.2. The number of halogens is 3. The second kappa shape index (κ2) is 11.9. The molecule has 1 saturated carbocycles. The predicted molar refractivity (Wildman–Crippen MR) is 131 cm³/mol. The number of hydrogen-bond acceptors (Lipinski definition) is 2. The number of benzene rings is 2. The van der Waals surface area contributed by atoms with E-state index in [9.17, 15) is 9.59 Å². The van der Waals surface area contributed by atoms with E-state index >= 15 is 0 Å². The smallest absolute Gasteiger partial charge is 0.247 e. The van der Waals surface area contributed by atoms with E-state index in [2.05, 4.69) is 12.2 Å². The summed E-state index contributed by atoms with van der Waals surface area (Å²) in [4.78, 5) is 28.0. The van der Waals surface area contributed by atoms with Gasteiger partial charge in [0.25, 0.3) is 0 Å². The number of nitrogens with one attached hydrogen (secondary N) is 1. The molecule has 32 heavy (non-hydrogen) atoms. The highest BCUT2D eigenvalue weighted by atomic mass is 35.5. The quantitative estimate of drug-likeness (QED) is 0.454. The molecule has 1 unspecified atom stereocenters. The van der Waals surface area contributed by atoms with Gasteiger partial charge < -0.3 is 10.2 Å². The minimum atomic E-state index is -0.791. The van der Waals surface area contributed by atoms with Crippen molar-refractivity contribution in [2.45, 2.75) is 51.1 Å². The molecule has 172 valence electrons. The molecule has 2 aromatic carbocycles. The third-order valence-electron chi connectivity index (χ3n) is 6.12. The summed E-state index contributed by atoms with van der Waals surface area (Å²) in [5, 5.41) is 4.39. The molecular formula is C25H29Cl3N2O2. The van der Waals surface area contributed by atoms with Gasteiger partial charge in [-0.05, 0) is 67.3 Å². The van der Waals surface area contributed by atoms with Crippen molar-refractivity contribution >= 4 is 46.6 Å². The fourth-order valence-corrected chi connectivity index (χ4v) is 4.73. The first-order valence-corrected chi connectivity index (χ1v) is 12.3. The maximum atomic E-state index is 13.5. The van der Waals surface area contributed by atoms with Crippen LogP contribution in [0.1, 0.15) is 49.8 Å². The van der Waals surface area contributed by atoms with Crippen LogP contribution in [0.15, 0.2) is 48.5 Å². The topological polar surface area (TPSA) is 49.4 Å². The van der Waals surface area contributed by atoms with Gasteiger partial charge in [-0.1, -0.05) is 60.5 Å². The Labute approximate surface area is 205 Å².